The Bertz CT molecular complexity index is 376. The maximum absolute atomic E-state index is 12.8. The van der Waals surface area contributed by atoms with Crippen LogP contribution in [0.1, 0.15) is 10.4 Å². The van der Waals surface area contributed by atoms with Gasteiger partial charge in [-0.1, -0.05) is 0 Å². The Balaban J connectivity index is 2.41. The van der Waals surface area contributed by atoms with Crippen molar-refractivity contribution >= 4 is 5.78 Å². The van der Waals surface area contributed by atoms with Gasteiger partial charge in [0.15, 0.2) is 11.9 Å². The minimum atomic E-state index is -0.576. The van der Waals surface area contributed by atoms with E-state index in [1.54, 1.807) is 0 Å². The molecule has 1 unspecified atom stereocenters. The Hall–Kier alpha value is -1.42. The smallest absolute Gasteiger partial charge is 0.198 e. The van der Waals surface area contributed by atoms with Crippen molar-refractivity contribution in [3.05, 3.63) is 29.6 Å². The Labute approximate surface area is 80.4 Å². The van der Waals surface area contributed by atoms with Crippen LogP contribution in [-0.4, -0.2) is 25.6 Å². The van der Waals surface area contributed by atoms with Crippen molar-refractivity contribution in [1.82, 2.24) is 0 Å². The molecular formula is C10H9FO3. The third-order valence-corrected chi connectivity index (χ3v) is 2.18. The summed E-state index contributed by atoms with van der Waals surface area (Å²) in [5, 5.41) is 0. The molecule has 0 spiro atoms. The summed E-state index contributed by atoms with van der Waals surface area (Å²) in [7, 11) is 1.44. The highest BCUT2D eigenvalue weighted by molar-refractivity contribution is 6.02. The van der Waals surface area contributed by atoms with Gasteiger partial charge in [0.05, 0.1) is 5.56 Å². The summed E-state index contributed by atoms with van der Waals surface area (Å²) in [5.74, 6) is -0.274. The van der Waals surface area contributed by atoms with E-state index in [0.717, 1.165) is 0 Å². The van der Waals surface area contributed by atoms with Crippen LogP contribution in [0.3, 0.4) is 0 Å². The van der Waals surface area contributed by atoms with Crippen LogP contribution in [0.2, 0.25) is 0 Å². The molecule has 0 amide bonds. The summed E-state index contributed by atoms with van der Waals surface area (Å²) < 4.78 is 22.9. The first-order chi connectivity index (χ1) is 6.72. The molecule has 1 aromatic rings. The maximum Gasteiger partial charge on any atom is 0.198 e. The number of hydrogen-bond acceptors (Lipinski definition) is 3. The van der Waals surface area contributed by atoms with Crippen LogP contribution < -0.4 is 4.74 Å². The second-order valence-electron chi connectivity index (χ2n) is 3.04. The van der Waals surface area contributed by atoms with Crippen molar-refractivity contribution in [3.8, 4) is 5.75 Å². The number of fused-ring (bicyclic) bond motifs is 1. The van der Waals surface area contributed by atoms with Crippen molar-refractivity contribution in [2.75, 3.05) is 13.7 Å². The molecule has 14 heavy (non-hydrogen) atoms. The Kier molecular flexibility index (Phi) is 2.21. The third-order valence-electron chi connectivity index (χ3n) is 2.18. The predicted molar refractivity (Wildman–Crippen MR) is 47.0 cm³/mol. The minimum Gasteiger partial charge on any atom is -0.490 e. The van der Waals surface area contributed by atoms with E-state index in [0.29, 0.717) is 11.3 Å². The first-order valence-corrected chi connectivity index (χ1v) is 4.21. The quantitative estimate of drug-likeness (QED) is 0.681. The number of ketones is 1. The van der Waals surface area contributed by atoms with Crippen LogP contribution in [0.4, 0.5) is 4.39 Å². The maximum atomic E-state index is 12.8. The van der Waals surface area contributed by atoms with Gasteiger partial charge in [-0.15, -0.1) is 0 Å². The molecule has 0 aliphatic carbocycles. The number of hydrogen-bond donors (Lipinski definition) is 0. The molecule has 0 aromatic heterocycles. The van der Waals surface area contributed by atoms with Crippen LogP contribution in [0.25, 0.3) is 0 Å². The van der Waals surface area contributed by atoms with E-state index in [-0.39, 0.29) is 12.4 Å². The van der Waals surface area contributed by atoms with Crippen molar-refractivity contribution < 1.29 is 18.7 Å². The molecule has 1 aliphatic heterocycles. The molecule has 1 heterocycles. The lowest BCUT2D eigenvalue weighted by Crippen LogP contribution is -2.34. The molecule has 0 bridgehead atoms. The van der Waals surface area contributed by atoms with Crippen molar-refractivity contribution in [2.45, 2.75) is 6.10 Å². The highest BCUT2D eigenvalue weighted by atomic mass is 19.1. The number of rotatable bonds is 1. The number of Topliss-reactive ketones (excluding diaryl/α,β-unsaturated/α-hetero) is 1. The predicted octanol–water partition coefficient (Wildman–Crippen LogP) is 1.42. The van der Waals surface area contributed by atoms with Crippen LogP contribution >= 0.6 is 0 Å². The van der Waals surface area contributed by atoms with Crippen molar-refractivity contribution in [3.63, 3.8) is 0 Å². The van der Waals surface area contributed by atoms with Crippen molar-refractivity contribution in [2.24, 2.45) is 0 Å². The summed E-state index contributed by atoms with van der Waals surface area (Å²) in [5.41, 5.74) is 0.379. The number of methoxy groups -OCH3 is 1. The molecule has 0 saturated heterocycles. The zero-order chi connectivity index (χ0) is 10.1. The second kappa shape index (κ2) is 3.38. The van der Waals surface area contributed by atoms with Gasteiger partial charge in [0.25, 0.3) is 0 Å². The van der Waals surface area contributed by atoms with Gasteiger partial charge in [-0.3, -0.25) is 4.79 Å². The summed E-state index contributed by atoms with van der Waals surface area (Å²) in [6.07, 6.45) is -0.576. The number of ether oxygens (including phenoxy) is 2. The van der Waals surface area contributed by atoms with Gasteiger partial charge in [0.2, 0.25) is 0 Å². The van der Waals surface area contributed by atoms with E-state index in [9.17, 15) is 9.18 Å². The summed E-state index contributed by atoms with van der Waals surface area (Å²) in [4.78, 5) is 11.6. The monoisotopic (exact) mass is 196 g/mol. The average Bonchev–Trinajstić information content (AvgIpc) is 2.18. The largest absolute Gasteiger partial charge is 0.490 e. The Morgan fingerprint density at radius 2 is 2.36 bits per heavy atom. The molecule has 0 N–H and O–H groups in total. The summed E-state index contributed by atoms with van der Waals surface area (Å²) in [6.45, 7) is 0.145. The fourth-order valence-electron chi connectivity index (χ4n) is 1.41. The molecule has 74 valence electrons. The van der Waals surface area contributed by atoms with E-state index >= 15 is 0 Å². The Morgan fingerprint density at radius 1 is 1.57 bits per heavy atom. The fraction of sp³-hybridized carbons (Fsp3) is 0.300. The van der Waals surface area contributed by atoms with Crippen LogP contribution in [-0.2, 0) is 4.74 Å². The van der Waals surface area contributed by atoms with Gasteiger partial charge in [-0.25, -0.2) is 4.39 Å². The molecule has 1 aromatic carbocycles. The Morgan fingerprint density at radius 3 is 3.07 bits per heavy atom. The normalized spacial score (nSPS) is 20.1. The third kappa shape index (κ3) is 1.37. The lowest BCUT2D eigenvalue weighted by Gasteiger charge is -2.22. The van der Waals surface area contributed by atoms with E-state index in [4.69, 9.17) is 9.47 Å². The van der Waals surface area contributed by atoms with Gasteiger partial charge in [0.1, 0.15) is 18.2 Å². The first-order valence-electron chi connectivity index (χ1n) is 4.21. The SMILES string of the molecule is COC1COc2cc(F)ccc2C1=O. The van der Waals surface area contributed by atoms with Crippen LogP contribution in [0.5, 0.6) is 5.75 Å². The van der Waals surface area contributed by atoms with Gasteiger partial charge < -0.3 is 9.47 Å². The molecule has 0 radical (unpaired) electrons. The number of carbonyl (C=O) groups is 1. The molecule has 0 fully saturated rings. The molecule has 1 atom stereocenters. The number of benzene rings is 1. The fourth-order valence-corrected chi connectivity index (χ4v) is 1.41. The van der Waals surface area contributed by atoms with E-state index in [2.05, 4.69) is 0 Å². The van der Waals surface area contributed by atoms with Crippen LogP contribution in [0.15, 0.2) is 18.2 Å². The van der Waals surface area contributed by atoms with Gasteiger partial charge >= 0.3 is 0 Å². The van der Waals surface area contributed by atoms with Gasteiger partial charge in [0, 0.05) is 13.2 Å². The lowest BCUT2D eigenvalue weighted by atomic mass is 10.0. The molecule has 3 nitrogen and oxygen atoms in total. The zero-order valence-corrected chi connectivity index (χ0v) is 7.62. The van der Waals surface area contributed by atoms with E-state index in [1.165, 1.54) is 25.3 Å². The molecule has 4 heteroatoms. The van der Waals surface area contributed by atoms with E-state index < -0.39 is 11.9 Å². The minimum absolute atomic E-state index is 0.145. The van der Waals surface area contributed by atoms with Gasteiger partial charge in [-0.2, -0.15) is 0 Å². The molecule has 1 aliphatic rings. The lowest BCUT2D eigenvalue weighted by molar-refractivity contribution is 0.0367. The van der Waals surface area contributed by atoms with Crippen LogP contribution in [0, 0.1) is 5.82 Å². The van der Waals surface area contributed by atoms with E-state index in [1.807, 2.05) is 0 Å². The molecule has 0 saturated carbocycles. The molecular weight excluding hydrogens is 187 g/mol. The summed E-state index contributed by atoms with van der Waals surface area (Å²) in [6, 6.07) is 3.86. The molecule has 2 rings (SSSR count). The first kappa shape index (κ1) is 9.15. The number of carbonyl (C=O) groups excluding carboxylic acids is 1. The second-order valence-corrected chi connectivity index (χ2v) is 3.04. The number of halogens is 1. The van der Waals surface area contributed by atoms with Gasteiger partial charge in [-0.05, 0) is 12.1 Å². The standard InChI is InChI=1S/C10H9FO3/c1-13-9-5-14-8-4-6(11)2-3-7(8)10(9)12/h2-4,9H,5H2,1H3. The highest BCUT2D eigenvalue weighted by Crippen LogP contribution is 2.26. The topological polar surface area (TPSA) is 35.5 Å². The average molecular weight is 196 g/mol. The summed E-state index contributed by atoms with van der Waals surface area (Å²) >= 11 is 0. The van der Waals surface area contributed by atoms with Crippen molar-refractivity contribution in [1.29, 1.82) is 0 Å². The highest BCUT2D eigenvalue weighted by Gasteiger charge is 2.28. The zero-order valence-electron chi connectivity index (χ0n) is 7.62.